The van der Waals surface area contributed by atoms with Crippen molar-refractivity contribution in [1.29, 1.82) is 0 Å². The number of hydrogen-bond acceptors (Lipinski definition) is 1. The van der Waals surface area contributed by atoms with Crippen LogP contribution < -0.4 is 0 Å². The molecular formula is C15H24O. The molecule has 16 heavy (non-hydrogen) atoms. The van der Waals surface area contributed by atoms with E-state index in [9.17, 15) is 0 Å². The Balaban J connectivity index is 0.000000673. The molecule has 0 radical (unpaired) electrons. The van der Waals surface area contributed by atoms with E-state index >= 15 is 0 Å². The molecule has 0 saturated carbocycles. The lowest BCUT2D eigenvalue weighted by atomic mass is 9.96. The van der Waals surface area contributed by atoms with Gasteiger partial charge in [0.25, 0.3) is 0 Å². The summed E-state index contributed by atoms with van der Waals surface area (Å²) in [5.41, 5.74) is 2.45. The Morgan fingerprint density at radius 3 is 2.06 bits per heavy atom. The average Bonchev–Trinajstić information content (AvgIpc) is 2.22. The Labute approximate surface area is 99.8 Å². The molecule has 90 valence electrons. The summed E-state index contributed by atoms with van der Waals surface area (Å²) in [4.78, 5) is 0. The fourth-order valence-electron chi connectivity index (χ4n) is 1.16. The van der Waals surface area contributed by atoms with Crippen LogP contribution in [0.25, 0.3) is 0 Å². The van der Waals surface area contributed by atoms with Crippen LogP contribution >= 0.6 is 0 Å². The van der Waals surface area contributed by atoms with Crippen molar-refractivity contribution in [3.8, 4) is 5.75 Å². The monoisotopic (exact) mass is 220 g/mol. The van der Waals surface area contributed by atoms with Crippen LogP contribution in [-0.2, 0) is 6.42 Å². The van der Waals surface area contributed by atoms with E-state index in [1.54, 1.807) is 12.1 Å². The van der Waals surface area contributed by atoms with Crippen LogP contribution in [0.3, 0.4) is 0 Å². The van der Waals surface area contributed by atoms with Crippen LogP contribution in [0.15, 0.2) is 36.4 Å². The maximum absolute atomic E-state index is 9.08. The van der Waals surface area contributed by atoms with Gasteiger partial charge in [0.1, 0.15) is 5.75 Å². The van der Waals surface area contributed by atoms with E-state index in [1.807, 2.05) is 19.1 Å². The molecule has 1 atom stereocenters. The lowest BCUT2D eigenvalue weighted by Gasteiger charge is -2.10. The van der Waals surface area contributed by atoms with E-state index < -0.39 is 0 Å². The van der Waals surface area contributed by atoms with Gasteiger partial charge >= 0.3 is 0 Å². The predicted molar refractivity (Wildman–Crippen MR) is 71.8 cm³/mol. The molecule has 1 nitrogen and oxygen atoms in total. The molecule has 1 aromatic carbocycles. The molecule has 0 aromatic heterocycles. The van der Waals surface area contributed by atoms with Gasteiger partial charge in [-0.25, -0.2) is 0 Å². The van der Waals surface area contributed by atoms with Crippen molar-refractivity contribution in [3.05, 3.63) is 42.0 Å². The van der Waals surface area contributed by atoms with E-state index in [1.165, 1.54) is 17.6 Å². The average molecular weight is 220 g/mol. The molecule has 1 aromatic rings. The van der Waals surface area contributed by atoms with Gasteiger partial charge in [-0.05, 0) is 37.0 Å². The van der Waals surface area contributed by atoms with Crippen LogP contribution in [0.1, 0.15) is 39.7 Å². The van der Waals surface area contributed by atoms with Crippen LogP contribution in [-0.4, -0.2) is 5.11 Å². The first kappa shape index (κ1) is 14.8. The third-order valence-corrected chi connectivity index (χ3v) is 2.32. The first-order valence-corrected chi connectivity index (χ1v) is 5.94. The van der Waals surface area contributed by atoms with E-state index in [0.717, 1.165) is 6.42 Å². The maximum Gasteiger partial charge on any atom is 0.115 e. The Morgan fingerprint density at radius 2 is 1.69 bits per heavy atom. The van der Waals surface area contributed by atoms with Crippen molar-refractivity contribution in [2.75, 3.05) is 0 Å². The molecule has 0 bridgehead atoms. The van der Waals surface area contributed by atoms with Gasteiger partial charge < -0.3 is 5.11 Å². The first-order chi connectivity index (χ1) is 7.51. The molecule has 0 unspecified atom stereocenters. The number of aromatic hydroxyl groups is 1. The van der Waals surface area contributed by atoms with Crippen LogP contribution in [0.4, 0.5) is 0 Å². The summed E-state index contributed by atoms with van der Waals surface area (Å²) in [7, 11) is 0. The molecule has 0 aliphatic heterocycles. The van der Waals surface area contributed by atoms with Gasteiger partial charge in [0.15, 0.2) is 0 Å². The molecule has 1 rings (SSSR count). The summed E-state index contributed by atoms with van der Waals surface area (Å²) in [5.74, 6) is 0.830. The lowest BCUT2D eigenvalue weighted by Crippen LogP contribution is -1.99. The Kier molecular flexibility index (Phi) is 7.36. The Hall–Kier alpha value is -1.24. The van der Waals surface area contributed by atoms with Crippen molar-refractivity contribution in [3.63, 3.8) is 0 Å². The minimum Gasteiger partial charge on any atom is -0.508 e. The fourth-order valence-corrected chi connectivity index (χ4v) is 1.16. The van der Waals surface area contributed by atoms with Gasteiger partial charge in [-0.2, -0.15) is 0 Å². The zero-order valence-electron chi connectivity index (χ0n) is 11.0. The van der Waals surface area contributed by atoms with Crippen LogP contribution in [0.5, 0.6) is 5.75 Å². The van der Waals surface area contributed by atoms with Gasteiger partial charge in [-0.15, -0.1) is 0 Å². The normalized spacial score (nSPS) is 11.2. The number of phenolic OH excluding ortho intramolecular Hbond substituents is 1. The predicted octanol–water partition coefficient (Wildman–Crippen LogP) is 4.56. The van der Waals surface area contributed by atoms with Gasteiger partial charge in [-0.1, -0.05) is 51.5 Å². The van der Waals surface area contributed by atoms with Crippen molar-refractivity contribution >= 4 is 0 Å². The van der Waals surface area contributed by atoms with Crippen molar-refractivity contribution < 1.29 is 5.11 Å². The summed E-state index contributed by atoms with van der Waals surface area (Å²) < 4.78 is 0. The highest BCUT2D eigenvalue weighted by molar-refractivity contribution is 5.26. The Morgan fingerprint density at radius 1 is 1.25 bits per heavy atom. The maximum atomic E-state index is 9.08. The van der Waals surface area contributed by atoms with Crippen LogP contribution in [0, 0.1) is 5.92 Å². The third kappa shape index (κ3) is 6.28. The summed E-state index contributed by atoms with van der Waals surface area (Å²) in [6, 6.07) is 7.35. The molecule has 0 spiro atoms. The minimum absolute atomic E-state index is 0.326. The van der Waals surface area contributed by atoms with Crippen LogP contribution in [0.2, 0.25) is 0 Å². The molecule has 1 heteroatoms. The topological polar surface area (TPSA) is 20.2 Å². The van der Waals surface area contributed by atoms with Gasteiger partial charge in [-0.3, -0.25) is 0 Å². The summed E-state index contributed by atoms with van der Waals surface area (Å²) >= 11 is 0. The molecule has 0 aliphatic carbocycles. The highest BCUT2D eigenvalue weighted by Gasteiger charge is 2.03. The standard InChI is InChI=1S/C12H16O.C3H8/c1-9(2)10(3)8-11-4-6-12(13)7-5-11;1-3-2/h4-7,10,13H,1,8H2,2-3H3;3H2,1-2H3/t10-;/m0./s1. The largest absolute Gasteiger partial charge is 0.508 e. The summed E-state index contributed by atoms with van der Waals surface area (Å²) in [6.07, 6.45) is 2.25. The summed E-state index contributed by atoms with van der Waals surface area (Å²) in [5, 5.41) is 9.08. The highest BCUT2D eigenvalue weighted by Crippen LogP contribution is 2.16. The van der Waals surface area contributed by atoms with Gasteiger partial charge in [0, 0.05) is 0 Å². The van der Waals surface area contributed by atoms with Gasteiger partial charge in [0.05, 0.1) is 0 Å². The zero-order valence-corrected chi connectivity index (χ0v) is 11.0. The Bertz CT molecular complexity index is 298. The van der Waals surface area contributed by atoms with E-state index in [-0.39, 0.29) is 0 Å². The second-order valence-corrected chi connectivity index (χ2v) is 4.33. The molecule has 0 fully saturated rings. The van der Waals surface area contributed by atoms with E-state index in [4.69, 9.17) is 5.11 Å². The second kappa shape index (κ2) is 7.98. The molecular weight excluding hydrogens is 196 g/mol. The van der Waals surface area contributed by atoms with Crippen molar-refractivity contribution in [1.82, 2.24) is 0 Å². The molecule has 0 aliphatic rings. The molecule has 0 amide bonds. The molecule has 0 saturated heterocycles. The van der Waals surface area contributed by atoms with Crippen molar-refractivity contribution in [2.45, 2.75) is 40.5 Å². The third-order valence-electron chi connectivity index (χ3n) is 2.32. The number of rotatable bonds is 3. The first-order valence-electron chi connectivity index (χ1n) is 5.94. The SMILES string of the molecule is C=C(C)[C@@H](C)Cc1ccc(O)cc1.CCC. The molecule has 1 N–H and O–H groups in total. The fraction of sp³-hybridized carbons (Fsp3) is 0.467. The van der Waals surface area contributed by atoms with E-state index in [0.29, 0.717) is 11.7 Å². The van der Waals surface area contributed by atoms with E-state index in [2.05, 4.69) is 27.4 Å². The number of allylic oxidation sites excluding steroid dienone is 1. The highest BCUT2D eigenvalue weighted by atomic mass is 16.3. The van der Waals surface area contributed by atoms with Crippen molar-refractivity contribution in [2.24, 2.45) is 5.92 Å². The lowest BCUT2D eigenvalue weighted by molar-refractivity contribution is 0.475. The number of benzene rings is 1. The summed E-state index contributed by atoms with van der Waals surface area (Å²) in [6.45, 7) is 12.4. The quantitative estimate of drug-likeness (QED) is 0.740. The molecule has 0 heterocycles. The number of phenols is 1. The van der Waals surface area contributed by atoms with Gasteiger partial charge in [0.2, 0.25) is 0 Å². The minimum atomic E-state index is 0.326. The smallest absolute Gasteiger partial charge is 0.115 e. The second-order valence-electron chi connectivity index (χ2n) is 4.33. The number of hydrogen-bond donors (Lipinski definition) is 1. The zero-order chi connectivity index (χ0) is 12.6.